The highest BCUT2D eigenvalue weighted by atomic mass is 16.5. The molecule has 118 valence electrons. The van der Waals surface area contributed by atoms with Crippen molar-refractivity contribution in [2.24, 2.45) is 5.92 Å². The fourth-order valence-electron chi connectivity index (χ4n) is 0.768. The number of phenols is 1. The molecule has 0 amide bonds. The predicted octanol–water partition coefficient (Wildman–Crippen LogP) is 2.54. The summed E-state index contributed by atoms with van der Waals surface area (Å²) in [5.41, 5.74) is 0.486. The van der Waals surface area contributed by atoms with E-state index in [1.165, 1.54) is 39.2 Å². The molecule has 0 bridgehead atoms. The van der Waals surface area contributed by atoms with Crippen molar-refractivity contribution in [2.75, 3.05) is 7.11 Å². The number of methoxy groups -OCH3 is 1. The molecule has 0 aromatic heterocycles. The highest BCUT2D eigenvalue weighted by Crippen LogP contribution is 2.25. The first-order chi connectivity index (χ1) is 9.65. The maximum atomic E-state index is 10.2. The minimum atomic E-state index is -0.741. The maximum Gasteiger partial charge on any atom is 0.305 e. The molecule has 0 aliphatic carbocycles. The van der Waals surface area contributed by atoms with Crippen molar-refractivity contribution < 1.29 is 29.3 Å². The monoisotopic (exact) mass is 298 g/mol. The van der Waals surface area contributed by atoms with Gasteiger partial charge < -0.3 is 19.7 Å². The third kappa shape index (κ3) is 12.4. The summed E-state index contributed by atoms with van der Waals surface area (Å²) < 4.78 is 4.78. The van der Waals surface area contributed by atoms with E-state index in [0.717, 1.165) is 0 Å². The number of aromatic hydroxyl groups is 1. The lowest BCUT2D eigenvalue weighted by molar-refractivity contribution is -0.140. The van der Waals surface area contributed by atoms with Crippen LogP contribution in [0.5, 0.6) is 11.5 Å². The average molecular weight is 298 g/mol. The molecule has 0 heterocycles. The van der Waals surface area contributed by atoms with E-state index < -0.39 is 5.97 Å². The van der Waals surface area contributed by atoms with Crippen molar-refractivity contribution in [1.82, 2.24) is 0 Å². The standard InChI is InChI=1S/C8H8O3.C4H8O2.C3H6O/c1-11-8-4-6(5-9)2-3-7(8)10;1-3(2)4(5)6;1-3(2)4/h2-5,10H,1H3;3H,1-2H3,(H,5,6);1-2H3. The molecule has 2 N–H and O–H groups in total. The first-order valence-corrected chi connectivity index (χ1v) is 6.17. The fourth-order valence-corrected chi connectivity index (χ4v) is 0.768. The van der Waals surface area contributed by atoms with Gasteiger partial charge in [0, 0.05) is 5.56 Å². The molecule has 0 aliphatic rings. The SMILES string of the molecule is CC(C)=O.CC(C)C(=O)O.COc1cc(C=O)ccc1O. The average Bonchev–Trinajstić information content (AvgIpc) is 2.39. The minimum absolute atomic E-state index is 0.0399. The van der Waals surface area contributed by atoms with Crippen LogP contribution in [0.15, 0.2) is 18.2 Å². The molecule has 0 spiro atoms. The number of phenolic OH excluding ortho intramolecular Hbond substituents is 1. The second-order valence-corrected chi connectivity index (χ2v) is 4.45. The second-order valence-electron chi connectivity index (χ2n) is 4.45. The summed E-state index contributed by atoms with van der Waals surface area (Å²) in [4.78, 5) is 29.4. The Morgan fingerprint density at radius 1 is 1.24 bits per heavy atom. The van der Waals surface area contributed by atoms with Crippen LogP contribution in [0.2, 0.25) is 0 Å². The van der Waals surface area contributed by atoms with Crippen LogP contribution in [0.25, 0.3) is 0 Å². The van der Waals surface area contributed by atoms with E-state index in [2.05, 4.69) is 0 Å². The molecule has 0 fully saturated rings. The van der Waals surface area contributed by atoms with Crippen LogP contribution in [-0.4, -0.2) is 35.4 Å². The van der Waals surface area contributed by atoms with Gasteiger partial charge in [-0.25, -0.2) is 0 Å². The first-order valence-electron chi connectivity index (χ1n) is 6.17. The zero-order chi connectivity index (χ0) is 17.0. The van der Waals surface area contributed by atoms with E-state index in [4.69, 9.17) is 14.9 Å². The molecular weight excluding hydrogens is 276 g/mol. The van der Waals surface area contributed by atoms with Crippen molar-refractivity contribution in [1.29, 1.82) is 0 Å². The molecule has 0 aliphatic heterocycles. The Hall–Kier alpha value is -2.37. The number of hydrogen-bond acceptors (Lipinski definition) is 5. The van der Waals surface area contributed by atoms with Gasteiger partial charge in [-0.15, -0.1) is 0 Å². The van der Waals surface area contributed by atoms with Gasteiger partial charge in [0.15, 0.2) is 11.5 Å². The summed E-state index contributed by atoms with van der Waals surface area (Å²) in [6, 6.07) is 4.41. The summed E-state index contributed by atoms with van der Waals surface area (Å²) in [5.74, 6) is -0.451. The lowest BCUT2D eigenvalue weighted by atomic mass is 10.2. The number of carboxylic acids is 1. The molecular formula is C15H22O6. The summed E-state index contributed by atoms with van der Waals surface area (Å²) in [6.07, 6.45) is 0.696. The van der Waals surface area contributed by atoms with E-state index in [9.17, 15) is 14.4 Å². The summed E-state index contributed by atoms with van der Waals surface area (Å²) in [6.45, 7) is 6.34. The van der Waals surface area contributed by atoms with E-state index >= 15 is 0 Å². The van der Waals surface area contributed by atoms with Gasteiger partial charge in [0.1, 0.15) is 12.1 Å². The van der Waals surface area contributed by atoms with Gasteiger partial charge in [-0.2, -0.15) is 0 Å². The second kappa shape index (κ2) is 11.5. The topological polar surface area (TPSA) is 101 Å². The minimum Gasteiger partial charge on any atom is -0.504 e. The summed E-state index contributed by atoms with van der Waals surface area (Å²) >= 11 is 0. The van der Waals surface area contributed by atoms with Crippen molar-refractivity contribution >= 4 is 18.0 Å². The Bertz CT molecular complexity index is 461. The quantitative estimate of drug-likeness (QED) is 0.832. The number of ketones is 1. The van der Waals surface area contributed by atoms with Gasteiger partial charge in [-0.3, -0.25) is 9.59 Å². The van der Waals surface area contributed by atoms with Gasteiger partial charge in [-0.05, 0) is 32.0 Å². The number of rotatable bonds is 3. The Morgan fingerprint density at radius 3 is 1.95 bits per heavy atom. The van der Waals surface area contributed by atoms with E-state index in [1.54, 1.807) is 13.8 Å². The van der Waals surface area contributed by atoms with Crippen LogP contribution in [0.3, 0.4) is 0 Å². The molecule has 1 rings (SSSR count). The maximum absolute atomic E-state index is 10.2. The predicted molar refractivity (Wildman–Crippen MR) is 78.9 cm³/mol. The number of carbonyl (C=O) groups excluding carboxylic acids is 2. The third-order valence-electron chi connectivity index (χ3n) is 1.83. The van der Waals surface area contributed by atoms with Crippen LogP contribution in [0, 0.1) is 5.92 Å². The molecule has 6 heteroatoms. The molecule has 1 aromatic rings. The van der Waals surface area contributed by atoms with Crippen molar-refractivity contribution in [2.45, 2.75) is 27.7 Å². The third-order valence-corrected chi connectivity index (χ3v) is 1.83. The summed E-state index contributed by atoms with van der Waals surface area (Å²) in [7, 11) is 1.43. The van der Waals surface area contributed by atoms with Crippen molar-refractivity contribution in [3.63, 3.8) is 0 Å². The first kappa shape index (κ1) is 20.9. The smallest absolute Gasteiger partial charge is 0.305 e. The van der Waals surface area contributed by atoms with Gasteiger partial charge >= 0.3 is 5.97 Å². The van der Waals surface area contributed by atoms with Crippen LogP contribution in [-0.2, 0) is 9.59 Å². The lowest BCUT2D eigenvalue weighted by Gasteiger charge is -2.01. The van der Waals surface area contributed by atoms with Crippen molar-refractivity contribution in [3.8, 4) is 11.5 Å². The van der Waals surface area contributed by atoms with Gasteiger partial charge in [0.2, 0.25) is 0 Å². The van der Waals surface area contributed by atoms with Gasteiger partial charge in [0.25, 0.3) is 0 Å². The van der Waals surface area contributed by atoms with Crippen LogP contribution < -0.4 is 4.74 Å². The highest BCUT2D eigenvalue weighted by Gasteiger charge is 2.00. The molecule has 1 aromatic carbocycles. The van der Waals surface area contributed by atoms with Crippen LogP contribution in [0.4, 0.5) is 0 Å². The lowest BCUT2D eigenvalue weighted by Crippen LogP contribution is -2.03. The number of carboxylic acid groups (broad SMARTS) is 1. The molecule has 21 heavy (non-hydrogen) atoms. The Morgan fingerprint density at radius 2 is 1.67 bits per heavy atom. The number of aliphatic carboxylic acids is 1. The number of aldehydes is 1. The number of hydrogen-bond donors (Lipinski definition) is 2. The normalized spacial score (nSPS) is 8.67. The van der Waals surface area contributed by atoms with Crippen LogP contribution >= 0.6 is 0 Å². The number of carbonyl (C=O) groups is 3. The van der Waals surface area contributed by atoms with E-state index in [0.29, 0.717) is 17.6 Å². The van der Waals surface area contributed by atoms with Gasteiger partial charge in [-0.1, -0.05) is 13.8 Å². The Balaban J connectivity index is 0. The fraction of sp³-hybridized carbons (Fsp3) is 0.400. The van der Waals surface area contributed by atoms with Gasteiger partial charge in [0.05, 0.1) is 13.0 Å². The largest absolute Gasteiger partial charge is 0.504 e. The molecule has 0 radical (unpaired) electrons. The number of benzene rings is 1. The van der Waals surface area contributed by atoms with E-state index in [1.807, 2.05) is 0 Å². The summed E-state index contributed by atoms with van der Waals surface area (Å²) in [5, 5.41) is 17.1. The van der Waals surface area contributed by atoms with Crippen LogP contribution in [0.1, 0.15) is 38.1 Å². The molecule has 0 unspecified atom stereocenters. The molecule has 0 atom stereocenters. The van der Waals surface area contributed by atoms with Crippen molar-refractivity contribution in [3.05, 3.63) is 23.8 Å². The van der Waals surface area contributed by atoms with E-state index in [-0.39, 0.29) is 17.5 Å². The zero-order valence-corrected chi connectivity index (χ0v) is 12.9. The Kier molecular flexibility index (Phi) is 11.4. The Labute approximate surface area is 124 Å². The molecule has 0 saturated carbocycles. The molecule has 6 nitrogen and oxygen atoms in total. The number of Topliss-reactive ketones (excluding diaryl/α,β-unsaturated/α-hetero) is 1. The molecule has 0 saturated heterocycles. The number of ether oxygens (including phenoxy) is 1. The highest BCUT2D eigenvalue weighted by molar-refractivity contribution is 5.76. The zero-order valence-electron chi connectivity index (χ0n) is 12.9.